The molecule has 0 aromatic carbocycles. The van der Waals surface area contributed by atoms with E-state index in [0.29, 0.717) is 6.04 Å². The van der Waals surface area contributed by atoms with Crippen molar-refractivity contribution in [2.45, 2.75) is 32.2 Å². The van der Waals surface area contributed by atoms with Crippen molar-refractivity contribution in [3.8, 4) is 0 Å². The zero-order valence-corrected chi connectivity index (χ0v) is 11.4. The predicted octanol–water partition coefficient (Wildman–Crippen LogP) is 3.00. The number of rotatable bonds is 2. The number of nitrogens with zero attached hydrogens (tertiary/aromatic N) is 2. The van der Waals surface area contributed by atoms with Gasteiger partial charge in [0, 0.05) is 12.1 Å². The Hall–Kier alpha value is -0.640. The van der Waals surface area contributed by atoms with Gasteiger partial charge in [0.25, 0.3) is 0 Å². The van der Waals surface area contributed by atoms with Gasteiger partial charge < -0.3 is 5.32 Å². The summed E-state index contributed by atoms with van der Waals surface area (Å²) in [7, 11) is 0. The lowest BCUT2D eigenvalue weighted by molar-refractivity contribution is 0.456. The third-order valence-electron chi connectivity index (χ3n) is 4.86. The van der Waals surface area contributed by atoms with Gasteiger partial charge in [-0.05, 0) is 65.8 Å². The number of hydrogen-bond acceptors (Lipinski definition) is 3. The van der Waals surface area contributed by atoms with Crippen LogP contribution in [0.1, 0.15) is 25.1 Å². The van der Waals surface area contributed by atoms with E-state index in [2.05, 4.69) is 31.2 Å². The monoisotopic (exact) mass is 293 g/mol. The molecule has 3 aliphatic rings. The summed E-state index contributed by atoms with van der Waals surface area (Å²) in [6.07, 6.45) is 4.44. The van der Waals surface area contributed by atoms with Gasteiger partial charge in [0.1, 0.15) is 16.2 Å². The zero-order valence-electron chi connectivity index (χ0n) is 9.86. The fourth-order valence-corrected chi connectivity index (χ4v) is 4.77. The van der Waals surface area contributed by atoms with E-state index < -0.39 is 0 Å². The fraction of sp³-hybridized carbons (Fsp3) is 0.692. The Labute approximate surface area is 110 Å². The van der Waals surface area contributed by atoms with Gasteiger partial charge in [-0.25, -0.2) is 9.97 Å². The zero-order chi connectivity index (χ0) is 11.6. The first-order valence-corrected chi connectivity index (χ1v) is 7.29. The number of aryl methyl sites for hydroxylation is 1. The molecule has 3 nitrogen and oxygen atoms in total. The molecule has 3 fully saturated rings. The second-order valence-electron chi connectivity index (χ2n) is 5.78. The van der Waals surface area contributed by atoms with Crippen LogP contribution in [0, 0.1) is 30.6 Å². The molecule has 0 amide bonds. The smallest absolute Gasteiger partial charge is 0.131 e. The van der Waals surface area contributed by atoms with E-state index in [1.165, 1.54) is 19.3 Å². The second kappa shape index (κ2) is 3.44. The lowest BCUT2D eigenvalue weighted by Crippen LogP contribution is -2.14. The summed E-state index contributed by atoms with van der Waals surface area (Å²) in [5, 5.41) is 3.62. The molecule has 3 saturated carbocycles. The number of halogens is 1. The van der Waals surface area contributed by atoms with E-state index in [4.69, 9.17) is 0 Å². The Kier molecular flexibility index (Phi) is 2.08. The molecule has 1 heterocycles. The van der Waals surface area contributed by atoms with E-state index in [-0.39, 0.29) is 0 Å². The van der Waals surface area contributed by atoms with Crippen LogP contribution in [-0.4, -0.2) is 16.0 Å². The third kappa shape index (κ3) is 1.53. The number of anilines is 1. The number of hydrogen-bond donors (Lipinski definition) is 1. The lowest BCUT2D eigenvalue weighted by atomic mass is 10.0. The van der Waals surface area contributed by atoms with Crippen LogP contribution in [0.15, 0.2) is 10.7 Å². The number of nitrogens with one attached hydrogen (secondary N) is 1. The third-order valence-corrected chi connectivity index (χ3v) is 5.26. The van der Waals surface area contributed by atoms with Gasteiger partial charge in [0.2, 0.25) is 0 Å². The summed E-state index contributed by atoms with van der Waals surface area (Å²) in [6.45, 7) is 1.94. The van der Waals surface area contributed by atoms with Crippen molar-refractivity contribution in [3.63, 3.8) is 0 Å². The van der Waals surface area contributed by atoms with Crippen LogP contribution in [0.3, 0.4) is 0 Å². The molecule has 0 radical (unpaired) electrons. The van der Waals surface area contributed by atoms with Gasteiger partial charge in [-0.2, -0.15) is 0 Å². The molecule has 0 spiro atoms. The molecule has 90 valence electrons. The van der Waals surface area contributed by atoms with Gasteiger partial charge in [-0.15, -0.1) is 0 Å². The topological polar surface area (TPSA) is 37.8 Å². The van der Waals surface area contributed by atoms with Crippen LogP contribution in [0.25, 0.3) is 0 Å². The van der Waals surface area contributed by atoms with Crippen molar-refractivity contribution < 1.29 is 0 Å². The lowest BCUT2D eigenvalue weighted by Gasteiger charge is -2.11. The van der Waals surface area contributed by atoms with Crippen LogP contribution in [-0.2, 0) is 0 Å². The van der Waals surface area contributed by atoms with Gasteiger partial charge in [-0.1, -0.05) is 0 Å². The molecule has 17 heavy (non-hydrogen) atoms. The molecule has 1 N–H and O–H groups in total. The van der Waals surface area contributed by atoms with Crippen molar-refractivity contribution in [3.05, 3.63) is 16.5 Å². The Balaban J connectivity index is 1.52. The maximum atomic E-state index is 4.46. The van der Waals surface area contributed by atoms with Gasteiger partial charge in [0.15, 0.2) is 0 Å². The summed E-state index contributed by atoms with van der Waals surface area (Å²) in [4.78, 5) is 8.70. The maximum absolute atomic E-state index is 4.46. The Bertz CT molecular complexity index is 439. The minimum absolute atomic E-state index is 0.697. The Morgan fingerprint density at radius 2 is 1.94 bits per heavy atom. The summed E-state index contributed by atoms with van der Waals surface area (Å²) < 4.78 is 0.876. The molecule has 4 unspecified atom stereocenters. The van der Waals surface area contributed by atoms with Crippen LogP contribution in [0.4, 0.5) is 5.82 Å². The van der Waals surface area contributed by atoms with Crippen LogP contribution in [0.5, 0.6) is 0 Å². The maximum Gasteiger partial charge on any atom is 0.131 e. The first kappa shape index (κ1) is 10.3. The average molecular weight is 294 g/mol. The number of aromatic nitrogens is 2. The minimum atomic E-state index is 0.697. The van der Waals surface area contributed by atoms with Crippen molar-refractivity contribution in [2.24, 2.45) is 23.7 Å². The minimum Gasteiger partial charge on any atom is -0.367 e. The second-order valence-corrected chi connectivity index (χ2v) is 6.59. The highest BCUT2D eigenvalue weighted by atomic mass is 79.9. The molecule has 0 aliphatic heterocycles. The van der Waals surface area contributed by atoms with Crippen molar-refractivity contribution in [2.75, 3.05) is 5.32 Å². The van der Waals surface area contributed by atoms with Crippen LogP contribution < -0.4 is 5.32 Å². The molecule has 3 aliphatic carbocycles. The highest BCUT2D eigenvalue weighted by molar-refractivity contribution is 9.10. The molecular weight excluding hydrogens is 278 g/mol. The molecule has 1 aromatic rings. The largest absolute Gasteiger partial charge is 0.367 e. The molecular formula is C13H16BrN3. The molecule has 4 heteroatoms. The predicted molar refractivity (Wildman–Crippen MR) is 69.7 cm³/mol. The normalized spacial score (nSPS) is 41.4. The Morgan fingerprint density at radius 1 is 1.24 bits per heavy atom. The standard InChI is InChI=1S/C13H16BrN3/c1-6-15-9(14)5-10(16-6)17-13-11-7-2-3-8(4-7)12(11)13/h5,7-8,11-13H,2-4H2,1H3,(H,15,16,17). The van der Waals surface area contributed by atoms with Gasteiger partial charge >= 0.3 is 0 Å². The van der Waals surface area contributed by atoms with E-state index in [9.17, 15) is 0 Å². The fourth-order valence-electron chi connectivity index (χ4n) is 4.29. The summed E-state index contributed by atoms with van der Waals surface area (Å²) in [6, 6.07) is 2.69. The van der Waals surface area contributed by atoms with E-state index in [1.54, 1.807) is 0 Å². The van der Waals surface area contributed by atoms with Crippen molar-refractivity contribution >= 4 is 21.7 Å². The highest BCUT2D eigenvalue weighted by Gasteiger charge is 2.65. The van der Waals surface area contributed by atoms with E-state index in [1.807, 2.05) is 13.0 Å². The quantitative estimate of drug-likeness (QED) is 0.852. The van der Waals surface area contributed by atoms with Crippen LogP contribution in [0.2, 0.25) is 0 Å². The first-order chi connectivity index (χ1) is 8.22. The van der Waals surface area contributed by atoms with Crippen molar-refractivity contribution in [1.29, 1.82) is 0 Å². The summed E-state index contributed by atoms with van der Waals surface area (Å²) >= 11 is 3.43. The van der Waals surface area contributed by atoms with Gasteiger partial charge in [0.05, 0.1) is 0 Å². The van der Waals surface area contributed by atoms with Crippen molar-refractivity contribution in [1.82, 2.24) is 9.97 Å². The first-order valence-electron chi connectivity index (χ1n) is 6.50. The molecule has 4 rings (SSSR count). The highest BCUT2D eigenvalue weighted by Crippen LogP contribution is 2.66. The molecule has 1 aromatic heterocycles. The molecule has 0 saturated heterocycles. The molecule has 2 bridgehead atoms. The SMILES string of the molecule is Cc1nc(Br)cc(NC2C3C4CCC(C4)C23)n1. The van der Waals surface area contributed by atoms with Crippen LogP contribution >= 0.6 is 15.9 Å². The van der Waals surface area contributed by atoms with E-state index in [0.717, 1.165) is 39.9 Å². The summed E-state index contributed by atoms with van der Waals surface area (Å²) in [5.74, 6) is 5.73. The average Bonchev–Trinajstić information content (AvgIpc) is 2.69. The van der Waals surface area contributed by atoms with Gasteiger partial charge in [-0.3, -0.25) is 0 Å². The molecule has 4 atom stereocenters. The van der Waals surface area contributed by atoms with E-state index >= 15 is 0 Å². The number of fused-ring (bicyclic) bond motifs is 5. The Morgan fingerprint density at radius 3 is 2.59 bits per heavy atom. The summed E-state index contributed by atoms with van der Waals surface area (Å²) in [5.41, 5.74) is 0.